The van der Waals surface area contributed by atoms with E-state index in [1.807, 2.05) is 0 Å². The van der Waals surface area contributed by atoms with Gasteiger partial charge in [-0.2, -0.15) is 0 Å². The lowest BCUT2D eigenvalue weighted by atomic mass is 10.1. The second-order valence-corrected chi connectivity index (χ2v) is 5.00. The summed E-state index contributed by atoms with van der Waals surface area (Å²) in [5.74, 6) is 1.85. The van der Waals surface area contributed by atoms with Crippen molar-refractivity contribution < 1.29 is 9.47 Å². The number of nitrogens with one attached hydrogen (secondary N) is 1. The molecule has 0 amide bonds. The lowest BCUT2D eigenvalue weighted by Crippen LogP contribution is -2.50. The molecule has 2 aliphatic heterocycles. The smallest absolute Gasteiger partial charge is 0.184 e. The number of ether oxygens (including phenoxy) is 2. The van der Waals surface area contributed by atoms with Gasteiger partial charge in [-0.15, -0.1) is 0 Å². The highest BCUT2D eigenvalue weighted by Gasteiger charge is 2.26. The number of benzene rings is 1. The third-order valence-corrected chi connectivity index (χ3v) is 3.68. The molecule has 1 aromatic carbocycles. The molecule has 2 aliphatic rings. The maximum Gasteiger partial charge on any atom is 0.184 e. The zero-order valence-corrected chi connectivity index (χ0v) is 11.0. The lowest BCUT2D eigenvalue weighted by molar-refractivity contribution is 0.170. The molecule has 1 N–H and O–H groups in total. The van der Waals surface area contributed by atoms with Gasteiger partial charge in [-0.1, -0.05) is 6.07 Å². The van der Waals surface area contributed by atoms with Crippen molar-refractivity contribution in [2.24, 2.45) is 0 Å². The van der Waals surface area contributed by atoms with Crippen LogP contribution < -0.4 is 19.7 Å². The Bertz CT molecular complexity index is 448. The second-order valence-electron chi connectivity index (χ2n) is 5.00. The number of anilines is 1. The molecule has 2 heterocycles. The summed E-state index contributed by atoms with van der Waals surface area (Å²) in [7, 11) is 0. The SMILES string of the molecule is Cc1ccc(N2CCNCC2C)c2c1OCCO2. The van der Waals surface area contributed by atoms with Gasteiger partial charge < -0.3 is 19.7 Å². The van der Waals surface area contributed by atoms with E-state index in [-0.39, 0.29) is 0 Å². The average molecular weight is 248 g/mol. The van der Waals surface area contributed by atoms with E-state index in [4.69, 9.17) is 9.47 Å². The van der Waals surface area contributed by atoms with Crippen molar-refractivity contribution in [3.05, 3.63) is 17.7 Å². The molecule has 18 heavy (non-hydrogen) atoms. The molecule has 1 saturated heterocycles. The highest BCUT2D eigenvalue weighted by Crippen LogP contribution is 2.42. The van der Waals surface area contributed by atoms with Crippen molar-refractivity contribution >= 4 is 5.69 Å². The van der Waals surface area contributed by atoms with E-state index in [2.05, 4.69) is 36.2 Å². The van der Waals surface area contributed by atoms with E-state index in [1.165, 1.54) is 5.69 Å². The van der Waals surface area contributed by atoms with Gasteiger partial charge in [0.1, 0.15) is 13.2 Å². The summed E-state index contributed by atoms with van der Waals surface area (Å²) in [5, 5.41) is 3.41. The van der Waals surface area contributed by atoms with E-state index in [0.717, 1.165) is 36.7 Å². The zero-order chi connectivity index (χ0) is 12.5. The van der Waals surface area contributed by atoms with E-state index >= 15 is 0 Å². The predicted molar refractivity (Wildman–Crippen MR) is 71.8 cm³/mol. The average Bonchev–Trinajstić information content (AvgIpc) is 2.41. The van der Waals surface area contributed by atoms with Crippen LogP contribution in [0.2, 0.25) is 0 Å². The first-order valence-electron chi connectivity index (χ1n) is 6.64. The Morgan fingerprint density at radius 2 is 2.00 bits per heavy atom. The maximum atomic E-state index is 5.85. The van der Waals surface area contributed by atoms with Crippen molar-refractivity contribution in [2.75, 3.05) is 37.7 Å². The van der Waals surface area contributed by atoms with Gasteiger partial charge in [0.15, 0.2) is 11.5 Å². The molecular formula is C14H20N2O2. The summed E-state index contributed by atoms with van der Waals surface area (Å²) in [5.41, 5.74) is 2.32. The fourth-order valence-corrected chi connectivity index (χ4v) is 2.68. The van der Waals surface area contributed by atoms with Crippen LogP contribution in [-0.4, -0.2) is 38.9 Å². The Morgan fingerprint density at radius 1 is 1.22 bits per heavy atom. The quantitative estimate of drug-likeness (QED) is 0.818. The highest BCUT2D eigenvalue weighted by atomic mass is 16.6. The molecular weight excluding hydrogens is 228 g/mol. The molecule has 4 nitrogen and oxygen atoms in total. The first-order valence-corrected chi connectivity index (χ1v) is 6.64. The Balaban J connectivity index is 2.01. The number of piperazine rings is 1. The van der Waals surface area contributed by atoms with E-state index in [1.54, 1.807) is 0 Å². The lowest BCUT2D eigenvalue weighted by Gasteiger charge is -2.37. The summed E-state index contributed by atoms with van der Waals surface area (Å²) in [6.07, 6.45) is 0. The Morgan fingerprint density at radius 3 is 2.78 bits per heavy atom. The topological polar surface area (TPSA) is 33.7 Å². The molecule has 1 unspecified atom stereocenters. The predicted octanol–water partition coefficient (Wildman–Crippen LogP) is 1.56. The normalized spacial score (nSPS) is 23.0. The summed E-state index contributed by atoms with van der Waals surface area (Å²) in [6, 6.07) is 4.76. The van der Waals surface area contributed by atoms with Gasteiger partial charge in [-0.25, -0.2) is 0 Å². The summed E-state index contributed by atoms with van der Waals surface area (Å²) in [4.78, 5) is 2.41. The molecule has 0 saturated carbocycles. The van der Waals surface area contributed by atoms with Crippen LogP contribution in [0.4, 0.5) is 5.69 Å². The minimum Gasteiger partial charge on any atom is -0.486 e. The van der Waals surface area contributed by atoms with Gasteiger partial charge in [0, 0.05) is 25.7 Å². The van der Waals surface area contributed by atoms with Crippen LogP contribution >= 0.6 is 0 Å². The fourth-order valence-electron chi connectivity index (χ4n) is 2.68. The molecule has 0 aromatic heterocycles. The molecule has 1 atom stereocenters. The number of aryl methyl sites for hydroxylation is 1. The van der Waals surface area contributed by atoms with Gasteiger partial charge in [0.25, 0.3) is 0 Å². The van der Waals surface area contributed by atoms with Crippen LogP contribution in [0.25, 0.3) is 0 Å². The minimum atomic E-state index is 0.482. The number of fused-ring (bicyclic) bond motifs is 1. The van der Waals surface area contributed by atoms with Gasteiger partial charge in [-0.05, 0) is 25.5 Å². The summed E-state index contributed by atoms with van der Waals surface area (Å²) < 4.78 is 11.6. The van der Waals surface area contributed by atoms with E-state index < -0.39 is 0 Å². The number of rotatable bonds is 1. The molecule has 4 heteroatoms. The maximum absolute atomic E-state index is 5.85. The third-order valence-electron chi connectivity index (χ3n) is 3.68. The van der Waals surface area contributed by atoms with Gasteiger partial charge >= 0.3 is 0 Å². The van der Waals surface area contributed by atoms with Crippen LogP contribution in [0.5, 0.6) is 11.5 Å². The minimum absolute atomic E-state index is 0.482. The van der Waals surface area contributed by atoms with Crippen LogP contribution in [0.1, 0.15) is 12.5 Å². The van der Waals surface area contributed by atoms with Crippen molar-refractivity contribution in [3.63, 3.8) is 0 Å². The Kier molecular flexibility index (Phi) is 3.04. The van der Waals surface area contributed by atoms with Crippen LogP contribution in [0.3, 0.4) is 0 Å². The molecule has 1 fully saturated rings. The molecule has 0 radical (unpaired) electrons. The summed E-state index contributed by atoms with van der Waals surface area (Å²) >= 11 is 0. The molecule has 3 rings (SSSR count). The van der Waals surface area contributed by atoms with Gasteiger partial charge in [-0.3, -0.25) is 0 Å². The zero-order valence-electron chi connectivity index (χ0n) is 11.0. The van der Waals surface area contributed by atoms with E-state index in [0.29, 0.717) is 19.3 Å². The van der Waals surface area contributed by atoms with Gasteiger partial charge in [0.05, 0.1) is 5.69 Å². The first-order chi connectivity index (χ1) is 8.77. The van der Waals surface area contributed by atoms with Gasteiger partial charge in [0.2, 0.25) is 0 Å². The number of hydrogen-bond acceptors (Lipinski definition) is 4. The fraction of sp³-hybridized carbons (Fsp3) is 0.571. The van der Waals surface area contributed by atoms with Crippen molar-refractivity contribution in [2.45, 2.75) is 19.9 Å². The number of hydrogen-bond donors (Lipinski definition) is 1. The van der Waals surface area contributed by atoms with Crippen LogP contribution in [-0.2, 0) is 0 Å². The first kappa shape index (κ1) is 11.7. The van der Waals surface area contributed by atoms with Crippen LogP contribution in [0, 0.1) is 6.92 Å². The Hall–Kier alpha value is -1.42. The van der Waals surface area contributed by atoms with Crippen molar-refractivity contribution in [1.82, 2.24) is 5.32 Å². The molecule has 1 aromatic rings. The molecule has 0 bridgehead atoms. The molecule has 0 aliphatic carbocycles. The van der Waals surface area contributed by atoms with Crippen LogP contribution in [0.15, 0.2) is 12.1 Å². The van der Waals surface area contributed by atoms with E-state index in [9.17, 15) is 0 Å². The standard InChI is InChI=1S/C14H20N2O2/c1-10-3-4-12(14-13(10)17-7-8-18-14)16-6-5-15-9-11(16)2/h3-4,11,15H,5-9H2,1-2H3. The molecule has 0 spiro atoms. The molecule has 98 valence electrons. The monoisotopic (exact) mass is 248 g/mol. The van der Waals surface area contributed by atoms with Crippen molar-refractivity contribution in [3.8, 4) is 11.5 Å². The van der Waals surface area contributed by atoms with Crippen molar-refractivity contribution in [1.29, 1.82) is 0 Å². The Labute approximate surface area is 108 Å². The third kappa shape index (κ3) is 1.90. The largest absolute Gasteiger partial charge is 0.486 e. The highest BCUT2D eigenvalue weighted by molar-refractivity contribution is 5.68. The second kappa shape index (κ2) is 4.69. The summed E-state index contributed by atoms with van der Waals surface area (Å²) in [6.45, 7) is 8.65. The number of nitrogens with zero attached hydrogens (tertiary/aromatic N) is 1.